The summed E-state index contributed by atoms with van der Waals surface area (Å²) in [4.78, 5) is 9.48. The number of nitrogens with two attached hydrogens (primary N) is 1. The number of benzene rings is 1. The van der Waals surface area contributed by atoms with Gasteiger partial charge in [-0.3, -0.25) is 4.90 Å². The molecule has 3 rings (SSSR count). The van der Waals surface area contributed by atoms with Crippen molar-refractivity contribution in [2.24, 2.45) is 10.7 Å². The van der Waals surface area contributed by atoms with Crippen LogP contribution in [-0.2, 0) is 11.3 Å². The molecule has 0 amide bonds. The van der Waals surface area contributed by atoms with Gasteiger partial charge in [-0.2, -0.15) is 0 Å². The zero-order valence-corrected chi connectivity index (χ0v) is 15.8. The van der Waals surface area contributed by atoms with E-state index in [1.165, 1.54) is 30.5 Å². The summed E-state index contributed by atoms with van der Waals surface area (Å²) in [6, 6.07) is 8.58. The Labute approximate surface area is 157 Å². The summed E-state index contributed by atoms with van der Waals surface area (Å²) in [5.41, 5.74) is 8.63. The molecule has 2 fully saturated rings. The Hall–Kier alpha value is -1.79. The van der Waals surface area contributed by atoms with E-state index in [9.17, 15) is 0 Å². The number of guanidine groups is 1. The molecule has 2 heterocycles. The first-order chi connectivity index (χ1) is 12.8. The molecule has 0 radical (unpaired) electrons. The van der Waals surface area contributed by atoms with Crippen LogP contribution in [0.2, 0.25) is 0 Å². The summed E-state index contributed by atoms with van der Waals surface area (Å²) in [6.45, 7) is 8.66. The second-order valence-corrected chi connectivity index (χ2v) is 7.11. The average molecular weight is 360 g/mol. The van der Waals surface area contributed by atoms with Gasteiger partial charge in [-0.1, -0.05) is 18.2 Å². The minimum Gasteiger partial charge on any atom is -0.379 e. The molecule has 1 aromatic rings. The number of nitrogens with one attached hydrogen (secondary N) is 1. The molecule has 0 atom stereocenters. The van der Waals surface area contributed by atoms with Crippen molar-refractivity contribution in [1.29, 1.82) is 0 Å². The van der Waals surface area contributed by atoms with Crippen LogP contribution in [0.4, 0.5) is 5.69 Å². The molecular weight excluding hydrogens is 326 g/mol. The van der Waals surface area contributed by atoms with Crippen molar-refractivity contribution in [2.45, 2.75) is 32.2 Å². The minimum atomic E-state index is 0.542. The standard InChI is InChI=1S/C20H33N5O/c21-20(22-9-6-10-24-13-15-26-16-14-24)23-17-18-7-2-3-8-19(18)25-11-4-1-5-12-25/h2-3,7-8H,1,4-6,9-17H2,(H3,21,22,23). The van der Waals surface area contributed by atoms with E-state index < -0.39 is 0 Å². The average Bonchev–Trinajstić information content (AvgIpc) is 2.71. The minimum absolute atomic E-state index is 0.542. The van der Waals surface area contributed by atoms with Crippen LogP contribution in [0.3, 0.4) is 0 Å². The highest BCUT2D eigenvalue weighted by Gasteiger charge is 2.14. The Morgan fingerprint density at radius 1 is 1.08 bits per heavy atom. The highest BCUT2D eigenvalue weighted by Crippen LogP contribution is 2.24. The molecule has 2 saturated heterocycles. The fourth-order valence-corrected chi connectivity index (χ4v) is 3.66. The zero-order valence-electron chi connectivity index (χ0n) is 15.8. The number of morpholine rings is 1. The van der Waals surface area contributed by atoms with Crippen LogP contribution < -0.4 is 16.0 Å². The summed E-state index contributed by atoms with van der Waals surface area (Å²) in [5.74, 6) is 0.542. The first-order valence-corrected chi connectivity index (χ1v) is 10.00. The SMILES string of the molecule is NC(=NCc1ccccc1N1CCCCC1)NCCCN1CCOCC1. The highest BCUT2D eigenvalue weighted by molar-refractivity contribution is 5.77. The smallest absolute Gasteiger partial charge is 0.188 e. The summed E-state index contributed by atoms with van der Waals surface area (Å²) < 4.78 is 5.37. The number of piperidine rings is 1. The fraction of sp³-hybridized carbons (Fsp3) is 0.650. The molecule has 2 aliphatic rings. The Morgan fingerprint density at radius 3 is 2.65 bits per heavy atom. The van der Waals surface area contributed by atoms with Gasteiger partial charge < -0.3 is 20.7 Å². The molecule has 6 nitrogen and oxygen atoms in total. The summed E-state index contributed by atoms with van der Waals surface area (Å²) in [5, 5.41) is 3.25. The first-order valence-electron chi connectivity index (χ1n) is 10.00. The van der Waals surface area contributed by atoms with Crippen molar-refractivity contribution in [3.63, 3.8) is 0 Å². The number of rotatable bonds is 7. The van der Waals surface area contributed by atoms with Crippen molar-refractivity contribution in [3.05, 3.63) is 29.8 Å². The molecule has 0 saturated carbocycles. The molecule has 2 aliphatic heterocycles. The summed E-state index contributed by atoms with van der Waals surface area (Å²) >= 11 is 0. The lowest BCUT2D eigenvalue weighted by Crippen LogP contribution is -2.39. The second kappa shape index (κ2) is 10.4. The maximum atomic E-state index is 6.06. The normalized spacial score (nSPS) is 19.5. The Balaban J connectivity index is 1.43. The van der Waals surface area contributed by atoms with Crippen molar-refractivity contribution in [1.82, 2.24) is 10.2 Å². The van der Waals surface area contributed by atoms with Crippen LogP contribution in [0.25, 0.3) is 0 Å². The van der Waals surface area contributed by atoms with Gasteiger partial charge in [0.2, 0.25) is 0 Å². The number of para-hydroxylation sites is 1. The van der Waals surface area contributed by atoms with E-state index >= 15 is 0 Å². The molecule has 0 bridgehead atoms. The molecule has 144 valence electrons. The van der Waals surface area contributed by atoms with Crippen molar-refractivity contribution in [3.8, 4) is 0 Å². The van der Waals surface area contributed by atoms with E-state index in [2.05, 4.69) is 44.4 Å². The van der Waals surface area contributed by atoms with E-state index in [-0.39, 0.29) is 0 Å². The van der Waals surface area contributed by atoms with E-state index in [0.29, 0.717) is 12.5 Å². The van der Waals surface area contributed by atoms with Gasteiger partial charge in [-0.15, -0.1) is 0 Å². The lowest BCUT2D eigenvalue weighted by atomic mass is 10.1. The molecule has 0 spiro atoms. The number of nitrogens with zero attached hydrogens (tertiary/aromatic N) is 3. The van der Waals surface area contributed by atoms with Gasteiger partial charge in [0.1, 0.15) is 0 Å². The van der Waals surface area contributed by atoms with Crippen LogP contribution in [0, 0.1) is 0 Å². The van der Waals surface area contributed by atoms with Crippen LogP contribution in [0.5, 0.6) is 0 Å². The van der Waals surface area contributed by atoms with E-state index in [1.54, 1.807) is 0 Å². The highest BCUT2D eigenvalue weighted by atomic mass is 16.5. The van der Waals surface area contributed by atoms with Crippen LogP contribution in [0.15, 0.2) is 29.3 Å². The Kier molecular flexibility index (Phi) is 7.58. The van der Waals surface area contributed by atoms with Gasteiger partial charge in [-0.05, 0) is 43.9 Å². The van der Waals surface area contributed by atoms with Crippen molar-refractivity contribution < 1.29 is 4.74 Å². The molecule has 3 N–H and O–H groups in total. The number of ether oxygens (including phenoxy) is 1. The number of hydrogen-bond acceptors (Lipinski definition) is 4. The Morgan fingerprint density at radius 2 is 1.85 bits per heavy atom. The van der Waals surface area contributed by atoms with Crippen LogP contribution in [0.1, 0.15) is 31.2 Å². The maximum absolute atomic E-state index is 6.06. The molecule has 26 heavy (non-hydrogen) atoms. The maximum Gasteiger partial charge on any atom is 0.188 e. The molecule has 1 aromatic carbocycles. The van der Waals surface area contributed by atoms with Crippen LogP contribution in [-0.4, -0.2) is 63.3 Å². The van der Waals surface area contributed by atoms with Crippen molar-refractivity contribution in [2.75, 3.05) is 57.4 Å². The molecule has 0 aromatic heterocycles. The van der Waals surface area contributed by atoms with Gasteiger partial charge in [0.15, 0.2) is 5.96 Å². The topological polar surface area (TPSA) is 66.1 Å². The van der Waals surface area contributed by atoms with Gasteiger partial charge in [-0.25, -0.2) is 4.99 Å². The third-order valence-electron chi connectivity index (χ3n) is 5.17. The van der Waals surface area contributed by atoms with Gasteiger partial charge >= 0.3 is 0 Å². The molecule has 0 aliphatic carbocycles. The first kappa shape index (κ1) is 19.0. The second-order valence-electron chi connectivity index (χ2n) is 7.11. The largest absolute Gasteiger partial charge is 0.379 e. The number of hydrogen-bond donors (Lipinski definition) is 2. The molecule has 6 heteroatoms. The summed E-state index contributed by atoms with van der Waals surface area (Å²) in [7, 11) is 0. The zero-order chi connectivity index (χ0) is 18.0. The van der Waals surface area contributed by atoms with Gasteiger partial charge in [0.05, 0.1) is 19.8 Å². The van der Waals surface area contributed by atoms with E-state index in [4.69, 9.17) is 10.5 Å². The lowest BCUT2D eigenvalue weighted by Gasteiger charge is -2.30. The van der Waals surface area contributed by atoms with Crippen LogP contribution >= 0.6 is 0 Å². The van der Waals surface area contributed by atoms with Gasteiger partial charge in [0, 0.05) is 38.4 Å². The predicted octanol–water partition coefficient (Wildman–Crippen LogP) is 1.80. The quantitative estimate of drug-likeness (QED) is 0.441. The summed E-state index contributed by atoms with van der Waals surface area (Å²) in [6.07, 6.45) is 4.98. The number of aliphatic imine (C=N–C) groups is 1. The number of anilines is 1. The fourth-order valence-electron chi connectivity index (χ4n) is 3.66. The van der Waals surface area contributed by atoms with Crippen molar-refractivity contribution >= 4 is 11.6 Å². The predicted molar refractivity (Wildman–Crippen MR) is 108 cm³/mol. The monoisotopic (exact) mass is 359 g/mol. The molecular formula is C20H33N5O. The van der Waals surface area contributed by atoms with Gasteiger partial charge in [0.25, 0.3) is 0 Å². The third-order valence-corrected chi connectivity index (χ3v) is 5.17. The van der Waals surface area contributed by atoms with E-state index in [1.807, 2.05) is 0 Å². The Bertz CT molecular complexity index is 565. The van der Waals surface area contributed by atoms with E-state index in [0.717, 1.165) is 58.9 Å². The third kappa shape index (κ3) is 5.88. The lowest BCUT2D eigenvalue weighted by molar-refractivity contribution is 0.0376. The molecule has 0 unspecified atom stereocenters.